The monoisotopic (exact) mass is 576 g/mol. The number of carbonyl (C=O) groups is 1. The summed E-state index contributed by atoms with van der Waals surface area (Å²) in [6, 6.07) is 8.14. The molecule has 1 aliphatic rings. The maximum absolute atomic E-state index is 13.5. The van der Waals surface area contributed by atoms with E-state index in [9.17, 15) is 21.6 Å². The van der Waals surface area contributed by atoms with Gasteiger partial charge < -0.3 is 4.98 Å². The van der Waals surface area contributed by atoms with Gasteiger partial charge in [0.25, 0.3) is 0 Å². The Kier molecular flexibility index (Phi) is 8.62. The van der Waals surface area contributed by atoms with E-state index in [2.05, 4.69) is 25.8 Å². The number of hydrogen-bond donors (Lipinski definition) is 3. The molecule has 0 saturated heterocycles. The lowest BCUT2D eigenvalue weighted by atomic mass is 9.93. The molecule has 2 heterocycles. The van der Waals surface area contributed by atoms with Crippen molar-refractivity contribution in [3.05, 3.63) is 42.1 Å². The van der Waals surface area contributed by atoms with Crippen molar-refractivity contribution < 1.29 is 21.6 Å². The zero-order valence-corrected chi connectivity index (χ0v) is 24.3. The summed E-state index contributed by atoms with van der Waals surface area (Å²) in [5.74, 6) is -0.957. The first kappa shape index (κ1) is 29.0. The number of benzene rings is 1. The first-order valence-corrected chi connectivity index (χ1v) is 16.3. The molecule has 4 rings (SSSR count). The van der Waals surface area contributed by atoms with Gasteiger partial charge in [0.05, 0.1) is 10.6 Å². The molecule has 1 saturated carbocycles. The lowest BCUT2D eigenvalue weighted by molar-refractivity contribution is -0.125. The van der Waals surface area contributed by atoms with E-state index in [0.29, 0.717) is 37.1 Å². The topological polar surface area (TPSA) is 154 Å². The molecule has 13 heteroatoms. The van der Waals surface area contributed by atoms with Crippen LogP contribution >= 0.6 is 0 Å². The Morgan fingerprint density at radius 1 is 1.08 bits per heavy atom. The Hall–Kier alpha value is -3.03. The van der Waals surface area contributed by atoms with Gasteiger partial charge >= 0.3 is 0 Å². The van der Waals surface area contributed by atoms with Crippen LogP contribution in [0.2, 0.25) is 0 Å². The molecular weight excluding hydrogens is 540 g/mol. The summed E-state index contributed by atoms with van der Waals surface area (Å²) in [5, 5.41) is -0.315. The number of aryl methyl sites for hydroxylation is 1. The number of fused-ring (bicyclic) bond motifs is 1. The van der Waals surface area contributed by atoms with Gasteiger partial charge in [0.1, 0.15) is 5.52 Å². The van der Waals surface area contributed by atoms with Crippen LogP contribution in [0, 0.1) is 24.7 Å². The van der Waals surface area contributed by atoms with Gasteiger partial charge in [-0.05, 0) is 55.4 Å². The van der Waals surface area contributed by atoms with Crippen LogP contribution in [0.15, 0.2) is 46.5 Å². The van der Waals surface area contributed by atoms with Crippen molar-refractivity contribution >= 4 is 42.7 Å². The molecule has 0 bridgehead atoms. The average molecular weight is 577 g/mol. The van der Waals surface area contributed by atoms with E-state index in [-0.39, 0.29) is 39.2 Å². The maximum Gasteiger partial charge on any atom is 0.241 e. The van der Waals surface area contributed by atoms with Crippen LogP contribution in [0.3, 0.4) is 0 Å². The molecule has 3 unspecified atom stereocenters. The van der Waals surface area contributed by atoms with Crippen LogP contribution in [0.25, 0.3) is 11.2 Å². The second-order valence-electron chi connectivity index (χ2n) is 10.00. The quantitative estimate of drug-likeness (QED) is 0.294. The van der Waals surface area contributed by atoms with E-state index in [1.54, 1.807) is 37.4 Å². The van der Waals surface area contributed by atoms with E-state index in [1.807, 2.05) is 20.8 Å². The second kappa shape index (κ2) is 11.6. The maximum atomic E-state index is 13.5. The van der Waals surface area contributed by atoms with Crippen LogP contribution in [0.1, 0.15) is 45.6 Å². The first-order chi connectivity index (χ1) is 18.5. The molecule has 3 aromatic rings. The predicted molar refractivity (Wildman–Crippen MR) is 149 cm³/mol. The number of aromatic nitrogens is 3. The summed E-state index contributed by atoms with van der Waals surface area (Å²) in [4.78, 5) is 25.0. The molecule has 3 atom stereocenters. The SMILES string of the molecule is CCC1CC(CS(=O)(=O)N(CC)CC)CC1C(=O)NNc1nc2cc[nH]c2nc1S(=O)(=O)c1cccc(C)c1. The van der Waals surface area contributed by atoms with Crippen molar-refractivity contribution in [2.45, 2.75) is 56.9 Å². The molecule has 11 nitrogen and oxygen atoms in total. The molecule has 2 aromatic heterocycles. The largest absolute Gasteiger partial charge is 0.345 e. The summed E-state index contributed by atoms with van der Waals surface area (Å²) < 4.78 is 54.1. The smallest absolute Gasteiger partial charge is 0.241 e. The summed E-state index contributed by atoms with van der Waals surface area (Å²) in [6.07, 6.45) is 3.40. The normalized spacial score (nSPS) is 20.0. The van der Waals surface area contributed by atoms with Gasteiger partial charge in [0.15, 0.2) is 11.5 Å². The number of sulfonamides is 1. The summed E-state index contributed by atoms with van der Waals surface area (Å²) in [7, 11) is -7.48. The fourth-order valence-corrected chi connectivity index (χ4v) is 8.65. The van der Waals surface area contributed by atoms with E-state index >= 15 is 0 Å². The molecule has 1 amide bonds. The van der Waals surface area contributed by atoms with E-state index in [1.165, 1.54) is 10.4 Å². The van der Waals surface area contributed by atoms with Gasteiger partial charge in [-0.15, -0.1) is 0 Å². The zero-order valence-electron chi connectivity index (χ0n) is 22.6. The predicted octanol–water partition coefficient (Wildman–Crippen LogP) is 3.27. The third-order valence-corrected chi connectivity index (χ3v) is 11.3. The Balaban J connectivity index is 1.55. The highest BCUT2D eigenvalue weighted by atomic mass is 32.2. The fourth-order valence-electron chi connectivity index (χ4n) is 5.40. The molecule has 212 valence electrons. The second-order valence-corrected chi connectivity index (χ2v) is 13.9. The highest BCUT2D eigenvalue weighted by molar-refractivity contribution is 7.91. The molecule has 0 radical (unpaired) electrons. The van der Waals surface area contributed by atoms with Crippen molar-refractivity contribution in [3.63, 3.8) is 0 Å². The minimum Gasteiger partial charge on any atom is -0.345 e. The number of H-pyrrole nitrogens is 1. The van der Waals surface area contributed by atoms with Crippen molar-refractivity contribution in [1.82, 2.24) is 24.7 Å². The van der Waals surface area contributed by atoms with E-state index in [4.69, 9.17) is 0 Å². The highest BCUT2D eigenvalue weighted by Gasteiger charge is 2.40. The summed E-state index contributed by atoms with van der Waals surface area (Å²) in [6.45, 7) is 8.23. The van der Waals surface area contributed by atoms with Gasteiger partial charge in [-0.2, -0.15) is 0 Å². The molecule has 0 aliphatic heterocycles. The Bertz CT molecular complexity index is 1550. The van der Waals surface area contributed by atoms with Crippen LogP contribution in [-0.4, -0.2) is 60.8 Å². The minimum absolute atomic E-state index is 0.0108. The van der Waals surface area contributed by atoms with Crippen molar-refractivity contribution in [3.8, 4) is 0 Å². The summed E-state index contributed by atoms with van der Waals surface area (Å²) >= 11 is 0. The molecule has 39 heavy (non-hydrogen) atoms. The van der Waals surface area contributed by atoms with E-state index in [0.717, 1.165) is 12.0 Å². The lowest BCUT2D eigenvalue weighted by Gasteiger charge is -2.20. The number of amides is 1. The van der Waals surface area contributed by atoms with Gasteiger partial charge in [0, 0.05) is 25.2 Å². The number of nitrogens with one attached hydrogen (secondary N) is 3. The van der Waals surface area contributed by atoms with Crippen LogP contribution in [-0.2, 0) is 24.7 Å². The van der Waals surface area contributed by atoms with Crippen LogP contribution in [0.4, 0.5) is 5.82 Å². The van der Waals surface area contributed by atoms with Crippen LogP contribution in [0.5, 0.6) is 0 Å². The van der Waals surface area contributed by atoms with E-state index < -0.39 is 25.8 Å². The Morgan fingerprint density at radius 3 is 2.49 bits per heavy atom. The number of hydrogen-bond acceptors (Lipinski definition) is 8. The fraction of sp³-hybridized carbons (Fsp3) is 0.500. The number of nitrogens with zero attached hydrogens (tertiary/aromatic N) is 3. The van der Waals surface area contributed by atoms with Gasteiger partial charge in [-0.1, -0.05) is 39.3 Å². The standard InChI is InChI=1S/C26H36N6O5S2/c1-5-19-14-18(16-38(34,35)32(6-2)7-3)15-21(19)25(33)31-30-24-26(29-23-22(28-24)11-12-27-23)39(36,37)20-10-8-9-17(4)13-20/h8-13,18-19,21H,5-7,14-16H2,1-4H3,(H,27,29)(H,28,30)(H,31,33). The van der Waals surface area contributed by atoms with Crippen LogP contribution < -0.4 is 10.9 Å². The molecule has 1 aliphatic carbocycles. The minimum atomic E-state index is -4.06. The highest BCUT2D eigenvalue weighted by Crippen LogP contribution is 2.39. The zero-order chi connectivity index (χ0) is 28.4. The van der Waals surface area contributed by atoms with Crippen molar-refractivity contribution in [2.75, 3.05) is 24.3 Å². The molecule has 0 spiro atoms. The number of aromatic amines is 1. The molecular formula is C26H36N6O5S2. The third kappa shape index (κ3) is 6.10. The summed E-state index contributed by atoms with van der Waals surface area (Å²) in [5.41, 5.74) is 6.87. The number of hydrazine groups is 1. The average Bonchev–Trinajstić information content (AvgIpc) is 3.53. The third-order valence-electron chi connectivity index (χ3n) is 7.41. The number of rotatable bonds is 11. The van der Waals surface area contributed by atoms with Crippen molar-refractivity contribution in [2.24, 2.45) is 17.8 Å². The van der Waals surface area contributed by atoms with Gasteiger partial charge in [-0.3, -0.25) is 15.6 Å². The first-order valence-electron chi connectivity index (χ1n) is 13.2. The van der Waals surface area contributed by atoms with Crippen molar-refractivity contribution in [1.29, 1.82) is 0 Å². The number of sulfone groups is 1. The number of anilines is 1. The van der Waals surface area contributed by atoms with Gasteiger partial charge in [0.2, 0.25) is 30.8 Å². The number of carbonyl (C=O) groups excluding carboxylic acids is 1. The Labute approximate surface area is 229 Å². The Morgan fingerprint density at radius 2 is 1.82 bits per heavy atom. The molecule has 1 aromatic carbocycles. The van der Waals surface area contributed by atoms with Gasteiger partial charge in [-0.25, -0.2) is 31.1 Å². The molecule has 3 N–H and O–H groups in total. The molecule has 1 fully saturated rings. The lowest BCUT2D eigenvalue weighted by Crippen LogP contribution is -2.37.